The van der Waals surface area contributed by atoms with E-state index in [2.05, 4.69) is 35.3 Å². The number of hydrogen-bond donors (Lipinski definition) is 1. The molecule has 2 aromatic rings. The van der Waals surface area contributed by atoms with Crippen LogP contribution in [-0.2, 0) is 11.3 Å². The van der Waals surface area contributed by atoms with Gasteiger partial charge in [0.1, 0.15) is 0 Å². The van der Waals surface area contributed by atoms with E-state index in [0.29, 0.717) is 12.3 Å². The summed E-state index contributed by atoms with van der Waals surface area (Å²) in [6, 6.07) is 16.3. The maximum Gasteiger partial charge on any atom is 0.230 e. The number of carbonyl (C=O) groups excluding carboxylic acids is 1. The zero-order valence-electron chi connectivity index (χ0n) is 13.3. The Kier molecular flexibility index (Phi) is 5.90. The summed E-state index contributed by atoms with van der Waals surface area (Å²) in [6.07, 6.45) is 0. The molecule has 1 N–H and O–H groups in total. The number of carbonyl (C=O) groups is 1. The molecule has 0 aliphatic rings. The summed E-state index contributed by atoms with van der Waals surface area (Å²) in [5, 5.41) is 2.96. The fraction of sp³-hybridized carbons (Fsp3) is 0.278. The van der Waals surface area contributed by atoms with E-state index in [9.17, 15) is 4.79 Å². The monoisotopic (exact) mass is 314 g/mol. The van der Waals surface area contributed by atoms with Crippen molar-refractivity contribution < 1.29 is 4.79 Å². The number of nitrogens with zero attached hydrogens (tertiary/aromatic N) is 1. The Morgan fingerprint density at radius 1 is 1.09 bits per heavy atom. The second-order valence-corrected chi connectivity index (χ2v) is 6.41. The van der Waals surface area contributed by atoms with Crippen molar-refractivity contribution in [3.8, 4) is 0 Å². The van der Waals surface area contributed by atoms with Crippen LogP contribution in [0.1, 0.15) is 11.1 Å². The van der Waals surface area contributed by atoms with Gasteiger partial charge in [-0.3, -0.25) is 4.79 Å². The van der Waals surface area contributed by atoms with Gasteiger partial charge in [0.2, 0.25) is 5.91 Å². The molecule has 0 bridgehead atoms. The van der Waals surface area contributed by atoms with Crippen molar-refractivity contribution in [1.29, 1.82) is 0 Å². The second kappa shape index (κ2) is 7.90. The molecule has 0 radical (unpaired) electrons. The summed E-state index contributed by atoms with van der Waals surface area (Å²) in [7, 11) is 4.03. The van der Waals surface area contributed by atoms with Gasteiger partial charge in [0.25, 0.3) is 0 Å². The number of aryl methyl sites for hydroxylation is 1. The molecule has 0 heterocycles. The first-order valence-electron chi connectivity index (χ1n) is 7.27. The average molecular weight is 314 g/mol. The van der Waals surface area contributed by atoms with Crippen LogP contribution in [0.25, 0.3) is 0 Å². The largest absolute Gasteiger partial charge is 0.378 e. The molecule has 0 atom stereocenters. The highest BCUT2D eigenvalue weighted by atomic mass is 32.2. The minimum atomic E-state index is 0.0601. The number of thioether (sulfide) groups is 1. The van der Waals surface area contributed by atoms with Crippen molar-refractivity contribution in [2.45, 2.75) is 18.4 Å². The SMILES string of the molecule is Cc1ccccc1SCC(=O)NCc1ccc(N(C)C)cc1. The van der Waals surface area contributed by atoms with Crippen LogP contribution in [0.15, 0.2) is 53.4 Å². The minimum Gasteiger partial charge on any atom is -0.378 e. The fourth-order valence-electron chi connectivity index (χ4n) is 2.03. The number of amides is 1. The van der Waals surface area contributed by atoms with E-state index in [1.165, 1.54) is 5.56 Å². The first-order chi connectivity index (χ1) is 10.6. The van der Waals surface area contributed by atoms with Crippen LogP contribution in [0.3, 0.4) is 0 Å². The number of anilines is 1. The van der Waals surface area contributed by atoms with Crippen molar-refractivity contribution in [2.24, 2.45) is 0 Å². The molecule has 2 aromatic carbocycles. The molecule has 22 heavy (non-hydrogen) atoms. The lowest BCUT2D eigenvalue weighted by Gasteiger charge is -2.13. The molecule has 0 unspecified atom stereocenters. The Balaban J connectivity index is 1.79. The predicted octanol–water partition coefficient (Wildman–Crippen LogP) is 3.47. The molecular weight excluding hydrogens is 292 g/mol. The second-order valence-electron chi connectivity index (χ2n) is 5.39. The molecule has 4 heteroatoms. The first kappa shape index (κ1) is 16.4. The molecule has 0 aliphatic heterocycles. The molecule has 116 valence electrons. The minimum absolute atomic E-state index is 0.0601. The van der Waals surface area contributed by atoms with Crippen molar-refractivity contribution in [2.75, 3.05) is 24.7 Å². The van der Waals surface area contributed by atoms with E-state index in [0.717, 1.165) is 16.1 Å². The van der Waals surface area contributed by atoms with E-state index >= 15 is 0 Å². The molecular formula is C18H22N2OS. The third kappa shape index (κ3) is 4.81. The number of rotatable bonds is 6. The third-order valence-corrected chi connectivity index (χ3v) is 4.57. The Labute approximate surface area is 136 Å². The Bertz CT molecular complexity index is 623. The molecule has 2 rings (SSSR count). The molecule has 1 amide bonds. The highest BCUT2D eigenvalue weighted by Gasteiger charge is 2.04. The van der Waals surface area contributed by atoms with E-state index in [1.54, 1.807) is 11.8 Å². The van der Waals surface area contributed by atoms with Gasteiger partial charge < -0.3 is 10.2 Å². The van der Waals surface area contributed by atoms with Gasteiger partial charge in [0.15, 0.2) is 0 Å². The van der Waals surface area contributed by atoms with Gasteiger partial charge in [0.05, 0.1) is 5.75 Å². The van der Waals surface area contributed by atoms with E-state index < -0.39 is 0 Å². The smallest absolute Gasteiger partial charge is 0.230 e. The topological polar surface area (TPSA) is 32.3 Å². The van der Waals surface area contributed by atoms with Crippen LogP contribution in [0.4, 0.5) is 5.69 Å². The molecule has 0 saturated carbocycles. The molecule has 0 aromatic heterocycles. The summed E-state index contributed by atoms with van der Waals surface area (Å²) < 4.78 is 0. The van der Waals surface area contributed by atoms with E-state index in [1.807, 2.05) is 44.4 Å². The van der Waals surface area contributed by atoms with Gasteiger partial charge in [-0.2, -0.15) is 0 Å². The molecule has 0 saturated heterocycles. The molecule has 0 fully saturated rings. The van der Waals surface area contributed by atoms with Gasteiger partial charge in [0, 0.05) is 31.2 Å². The lowest BCUT2D eigenvalue weighted by Crippen LogP contribution is -2.24. The quantitative estimate of drug-likeness (QED) is 0.829. The van der Waals surface area contributed by atoms with Gasteiger partial charge in [-0.1, -0.05) is 30.3 Å². The zero-order chi connectivity index (χ0) is 15.9. The summed E-state index contributed by atoms with van der Waals surface area (Å²) in [6.45, 7) is 2.63. The summed E-state index contributed by atoms with van der Waals surface area (Å²) in [5.41, 5.74) is 3.48. The predicted molar refractivity (Wildman–Crippen MR) is 94.5 cm³/mol. The third-order valence-electron chi connectivity index (χ3n) is 3.39. The van der Waals surface area contributed by atoms with E-state index in [-0.39, 0.29) is 5.91 Å². The number of hydrogen-bond acceptors (Lipinski definition) is 3. The highest BCUT2D eigenvalue weighted by molar-refractivity contribution is 8.00. The van der Waals surface area contributed by atoms with Crippen molar-refractivity contribution in [3.05, 3.63) is 59.7 Å². The van der Waals surface area contributed by atoms with Gasteiger partial charge >= 0.3 is 0 Å². The summed E-state index contributed by atoms with van der Waals surface area (Å²) in [4.78, 5) is 15.2. The van der Waals surface area contributed by atoms with Crippen LogP contribution in [0.2, 0.25) is 0 Å². The van der Waals surface area contributed by atoms with Gasteiger partial charge in [-0.05, 0) is 36.2 Å². The highest BCUT2D eigenvalue weighted by Crippen LogP contribution is 2.21. The summed E-state index contributed by atoms with van der Waals surface area (Å²) in [5.74, 6) is 0.505. The van der Waals surface area contributed by atoms with Gasteiger partial charge in [-0.15, -0.1) is 11.8 Å². The Morgan fingerprint density at radius 2 is 1.77 bits per heavy atom. The molecule has 3 nitrogen and oxygen atoms in total. The lowest BCUT2D eigenvalue weighted by molar-refractivity contribution is -0.118. The average Bonchev–Trinajstić information content (AvgIpc) is 2.52. The molecule has 0 spiro atoms. The van der Waals surface area contributed by atoms with Crippen LogP contribution in [-0.4, -0.2) is 25.8 Å². The van der Waals surface area contributed by atoms with Crippen molar-refractivity contribution in [3.63, 3.8) is 0 Å². The number of nitrogens with one attached hydrogen (secondary N) is 1. The molecule has 0 aliphatic carbocycles. The normalized spacial score (nSPS) is 10.3. The first-order valence-corrected chi connectivity index (χ1v) is 8.26. The van der Waals surface area contributed by atoms with Crippen LogP contribution < -0.4 is 10.2 Å². The Hall–Kier alpha value is -1.94. The maximum atomic E-state index is 11.9. The number of benzene rings is 2. The van der Waals surface area contributed by atoms with E-state index in [4.69, 9.17) is 0 Å². The maximum absolute atomic E-state index is 11.9. The van der Waals surface area contributed by atoms with Crippen molar-refractivity contribution >= 4 is 23.4 Å². The zero-order valence-corrected chi connectivity index (χ0v) is 14.1. The van der Waals surface area contributed by atoms with Crippen LogP contribution >= 0.6 is 11.8 Å². The summed E-state index contributed by atoms with van der Waals surface area (Å²) >= 11 is 1.58. The standard InChI is InChI=1S/C18H22N2OS/c1-14-6-4-5-7-17(14)22-13-18(21)19-12-15-8-10-16(11-9-15)20(2)3/h4-11H,12-13H2,1-3H3,(H,19,21). The lowest BCUT2D eigenvalue weighted by atomic mass is 10.2. The van der Waals surface area contributed by atoms with Crippen LogP contribution in [0, 0.1) is 6.92 Å². The van der Waals surface area contributed by atoms with Crippen LogP contribution in [0.5, 0.6) is 0 Å². The van der Waals surface area contributed by atoms with Crippen molar-refractivity contribution in [1.82, 2.24) is 5.32 Å². The Morgan fingerprint density at radius 3 is 2.41 bits per heavy atom. The fourth-order valence-corrected chi connectivity index (χ4v) is 2.88. The van der Waals surface area contributed by atoms with Gasteiger partial charge in [-0.25, -0.2) is 0 Å².